The molecule has 0 bridgehead atoms. The van der Waals surface area contributed by atoms with Crippen molar-refractivity contribution in [3.63, 3.8) is 0 Å². The maximum absolute atomic E-state index is 12.2. The number of carbonyl (C=O) groups excluding carboxylic acids is 1. The van der Waals surface area contributed by atoms with Gasteiger partial charge in [0, 0.05) is 43.3 Å². The van der Waals surface area contributed by atoms with Crippen molar-refractivity contribution in [3.8, 4) is 0 Å². The van der Waals surface area contributed by atoms with Crippen LogP contribution in [-0.4, -0.2) is 24.0 Å². The second-order valence-electron chi connectivity index (χ2n) is 5.66. The van der Waals surface area contributed by atoms with Gasteiger partial charge in [0.1, 0.15) is 0 Å². The third-order valence-electron chi connectivity index (χ3n) is 4.02. The molecule has 1 N–H and O–H groups in total. The van der Waals surface area contributed by atoms with E-state index < -0.39 is 0 Å². The zero-order chi connectivity index (χ0) is 16.7. The van der Waals surface area contributed by atoms with Crippen molar-refractivity contribution in [3.05, 3.63) is 54.4 Å². The van der Waals surface area contributed by atoms with Crippen LogP contribution >= 0.6 is 0 Å². The van der Waals surface area contributed by atoms with Gasteiger partial charge in [-0.2, -0.15) is 0 Å². The van der Waals surface area contributed by atoms with Gasteiger partial charge in [0.25, 0.3) is 0 Å². The van der Waals surface area contributed by atoms with E-state index >= 15 is 0 Å². The number of anilines is 2. The summed E-state index contributed by atoms with van der Waals surface area (Å²) in [7, 11) is 0. The second-order valence-corrected chi connectivity index (χ2v) is 5.66. The first-order chi connectivity index (χ1) is 11.1. The van der Waals surface area contributed by atoms with Gasteiger partial charge in [-0.15, -0.1) is 0 Å². The van der Waals surface area contributed by atoms with Gasteiger partial charge in [-0.25, -0.2) is 0 Å². The summed E-state index contributed by atoms with van der Waals surface area (Å²) < 4.78 is 0. The molecule has 1 aromatic heterocycles. The Morgan fingerprint density at radius 1 is 1.17 bits per heavy atom. The van der Waals surface area contributed by atoms with E-state index in [-0.39, 0.29) is 11.8 Å². The van der Waals surface area contributed by atoms with Gasteiger partial charge in [-0.05, 0) is 55.7 Å². The summed E-state index contributed by atoms with van der Waals surface area (Å²) in [5, 5.41) is 2.97. The topological polar surface area (TPSA) is 45.2 Å². The Morgan fingerprint density at radius 2 is 1.87 bits per heavy atom. The number of pyridine rings is 1. The largest absolute Gasteiger partial charge is 0.372 e. The number of benzene rings is 1. The highest BCUT2D eigenvalue weighted by Crippen LogP contribution is 2.20. The smallest absolute Gasteiger partial charge is 0.224 e. The number of nitrogens with zero attached hydrogens (tertiary/aromatic N) is 2. The molecule has 1 atom stereocenters. The van der Waals surface area contributed by atoms with Crippen LogP contribution < -0.4 is 10.2 Å². The SMILES string of the molecule is CCN(CC)c1ccc(NC(=O)CC(C)c2cccnc2)cc1. The monoisotopic (exact) mass is 311 g/mol. The molecule has 0 radical (unpaired) electrons. The lowest BCUT2D eigenvalue weighted by molar-refractivity contribution is -0.116. The highest BCUT2D eigenvalue weighted by molar-refractivity contribution is 5.91. The highest BCUT2D eigenvalue weighted by Gasteiger charge is 2.11. The van der Waals surface area contributed by atoms with E-state index in [4.69, 9.17) is 0 Å². The predicted octanol–water partition coefficient (Wildman–Crippen LogP) is 4.06. The van der Waals surface area contributed by atoms with E-state index in [0.29, 0.717) is 6.42 Å². The van der Waals surface area contributed by atoms with Gasteiger partial charge in [0.2, 0.25) is 5.91 Å². The third-order valence-corrected chi connectivity index (χ3v) is 4.02. The van der Waals surface area contributed by atoms with Crippen LogP contribution in [0.3, 0.4) is 0 Å². The lowest BCUT2D eigenvalue weighted by Gasteiger charge is -2.21. The van der Waals surface area contributed by atoms with Crippen molar-refractivity contribution in [1.29, 1.82) is 0 Å². The summed E-state index contributed by atoms with van der Waals surface area (Å²) in [5.74, 6) is 0.176. The first kappa shape index (κ1) is 17.0. The first-order valence-corrected chi connectivity index (χ1v) is 8.18. The number of hydrogen-bond donors (Lipinski definition) is 1. The number of carbonyl (C=O) groups is 1. The lowest BCUT2D eigenvalue weighted by atomic mass is 9.99. The van der Waals surface area contributed by atoms with Crippen molar-refractivity contribution in [2.45, 2.75) is 33.1 Å². The number of rotatable bonds is 7. The fourth-order valence-electron chi connectivity index (χ4n) is 2.62. The van der Waals surface area contributed by atoms with Crippen LogP contribution in [0.1, 0.15) is 38.7 Å². The predicted molar refractivity (Wildman–Crippen MR) is 95.9 cm³/mol. The molecule has 4 nitrogen and oxygen atoms in total. The third kappa shape index (κ3) is 4.81. The van der Waals surface area contributed by atoms with Crippen molar-refractivity contribution < 1.29 is 4.79 Å². The molecular weight excluding hydrogens is 286 g/mol. The van der Waals surface area contributed by atoms with Gasteiger partial charge >= 0.3 is 0 Å². The Morgan fingerprint density at radius 3 is 2.43 bits per heavy atom. The summed E-state index contributed by atoms with van der Waals surface area (Å²) in [6, 6.07) is 11.9. The van der Waals surface area contributed by atoms with Crippen molar-refractivity contribution in [1.82, 2.24) is 4.98 Å². The highest BCUT2D eigenvalue weighted by atomic mass is 16.1. The minimum atomic E-state index is 0.0249. The van der Waals surface area contributed by atoms with Crippen molar-refractivity contribution >= 4 is 17.3 Å². The van der Waals surface area contributed by atoms with E-state index in [1.165, 1.54) is 5.69 Å². The molecule has 1 aromatic carbocycles. The average molecular weight is 311 g/mol. The maximum atomic E-state index is 12.2. The molecule has 0 aliphatic rings. The van der Waals surface area contributed by atoms with Crippen LogP contribution in [-0.2, 0) is 4.79 Å². The van der Waals surface area contributed by atoms with Crippen LogP contribution in [0.15, 0.2) is 48.8 Å². The molecular formula is C19H25N3O. The summed E-state index contributed by atoms with van der Waals surface area (Å²) >= 11 is 0. The molecule has 0 aliphatic carbocycles. The van der Waals surface area contributed by atoms with Gasteiger partial charge in [0.15, 0.2) is 0 Å². The van der Waals surface area contributed by atoms with Crippen LogP contribution in [0, 0.1) is 0 Å². The van der Waals surface area contributed by atoms with Gasteiger partial charge in [0.05, 0.1) is 0 Å². The minimum absolute atomic E-state index is 0.0249. The van der Waals surface area contributed by atoms with Crippen LogP contribution in [0.25, 0.3) is 0 Å². The summed E-state index contributed by atoms with van der Waals surface area (Å²) in [5.41, 5.74) is 3.10. The molecule has 4 heteroatoms. The Kier molecular flexibility index (Phi) is 6.15. The summed E-state index contributed by atoms with van der Waals surface area (Å²) in [4.78, 5) is 18.6. The van der Waals surface area contributed by atoms with Gasteiger partial charge in [-0.3, -0.25) is 9.78 Å². The maximum Gasteiger partial charge on any atom is 0.224 e. The number of aromatic nitrogens is 1. The molecule has 1 heterocycles. The van der Waals surface area contributed by atoms with Gasteiger partial charge < -0.3 is 10.2 Å². The van der Waals surface area contributed by atoms with E-state index in [1.807, 2.05) is 49.5 Å². The fourth-order valence-corrected chi connectivity index (χ4v) is 2.62. The van der Waals surface area contributed by atoms with E-state index in [2.05, 4.69) is 29.0 Å². The quantitative estimate of drug-likeness (QED) is 0.838. The number of hydrogen-bond acceptors (Lipinski definition) is 3. The number of amides is 1. The summed E-state index contributed by atoms with van der Waals surface area (Å²) in [6.07, 6.45) is 4.01. The van der Waals surface area contributed by atoms with E-state index in [9.17, 15) is 4.79 Å². The lowest BCUT2D eigenvalue weighted by Crippen LogP contribution is -2.21. The zero-order valence-corrected chi connectivity index (χ0v) is 14.1. The average Bonchev–Trinajstić information content (AvgIpc) is 2.58. The zero-order valence-electron chi connectivity index (χ0n) is 14.1. The molecule has 23 heavy (non-hydrogen) atoms. The molecule has 0 fully saturated rings. The number of nitrogens with one attached hydrogen (secondary N) is 1. The van der Waals surface area contributed by atoms with Crippen LogP contribution in [0.2, 0.25) is 0 Å². The Labute approximate surface area is 138 Å². The normalized spacial score (nSPS) is 11.8. The fraction of sp³-hybridized carbons (Fsp3) is 0.368. The Bertz CT molecular complexity index is 606. The molecule has 2 aromatic rings. The Hall–Kier alpha value is -2.36. The van der Waals surface area contributed by atoms with Gasteiger partial charge in [-0.1, -0.05) is 13.0 Å². The molecule has 1 unspecified atom stereocenters. The summed E-state index contributed by atoms with van der Waals surface area (Å²) in [6.45, 7) is 8.27. The minimum Gasteiger partial charge on any atom is -0.372 e. The molecule has 1 amide bonds. The van der Waals surface area contributed by atoms with Crippen molar-refractivity contribution in [2.24, 2.45) is 0 Å². The molecule has 0 saturated heterocycles. The second kappa shape index (κ2) is 8.32. The van der Waals surface area contributed by atoms with Crippen LogP contribution in [0.4, 0.5) is 11.4 Å². The standard InChI is InChI=1S/C19H25N3O/c1-4-22(5-2)18-10-8-17(9-11-18)21-19(23)13-15(3)16-7-6-12-20-14-16/h6-12,14-15H,4-5,13H2,1-3H3,(H,21,23). The molecule has 2 rings (SSSR count). The molecule has 122 valence electrons. The van der Waals surface area contributed by atoms with Crippen LogP contribution in [0.5, 0.6) is 0 Å². The van der Waals surface area contributed by atoms with E-state index in [1.54, 1.807) is 6.20 Å². The van der Waals surface area contributed by atoms with Crippen molar-refractivity contribution in [2.75, 3.05) is 23.3 Å². The molecule has 0 saturated carbocycles. The molecule has 0 spiro atoms. The first-order valence-electron chi connectivity index (χ1n) is 8.18. The van der Waals surface area contributed by atoms with E-state index in [0.717, 1.165) is 24.3 Å². The Balaban J connectivity index is 1.92. The molecule has 0 aliphatic heterocycles.